The molecule has 0 spiro atoms. The number of hydrogen-bond acceptors (Lipinski definition) is 5. The van der Waals surface area contributed by atoms with Gasteiger partial charge >= 0.3 is 6.18 Å². The lowest BCUT2D eigenvalue weighted by Crippen LogP contribution is -2.15. The number of nitrogens with zero attached hydrogens (tertiary/aromatic N) is 5. The van der Waals surface area contributed by atoms with Crippen LogP contribution in [0.3, 0.4) is 0 Å². The van der Waals surface area contributed by atoms with Crippen LogP contribution in [0.5, 0.6) is 5.88 Å². The van der Waals surface area contributed by atoms with Gasteiger partial charge in [0.15, 0.2) is 5.69 Å². The minimum Gasteiger partial charge on any atom is -0.470 e. The van der Waals surface area contributed by atoms with Crippen molar-refractivity contribution < 1.29 is 17.9 Å². The van der Waals surface area contributed by atoms with Gasteiger partial charge in [-0.3, -0.25) is 0 Å². The lowest BCUT2D eigenvalue weighted by atomic mass is 10.1. The third kappa shape index (κ3) is 3.59. The number of aryl methyl sites for hydroxylation is 1. The zero-order valence-corrected chi connectivity index (χ0v) is 12.7. The van der Waals surface area contributed by atoms with Crippen molar-refractivity contribution in [2.24, 2.45) is 7.05 Å². The molecule has 6 nitrogen and oxygen atoms in total. The fourth-order valence-corrected chi connectivity index (χ4v) is 1.95. The smallest absolute Gasteiger partial charge is 0.435 e. The van der Waals surface area contributed by atoms with E-state index in [-0.39, 0.29) is 23.1 Å². The van der Waals surface area contributed by atoms with Gasteiger partial charge < -0.3 is 4.74 Å². The van der Waals surface area contributed by atoms with Gasteiger partial charge in [-0.05, 0) is 18.1 Å². The zero-order valence-electron chi connectivity index (χ0n) is 12.7. The fourth-order valence-electron chi connectivity index (χ4n) is 1.95. The first kappa shape index (κ1) is 16.7. The lowest BCUT2D eigenvalue weighted by molar-refractivity contribution is -0.144. The van der Waals surface area contributed by atoms with Crippen LogP contribution < -0.4 is 4.74 Å². The summed E-state index contributed by atoms with van der Waals surface area (Å²) in [6.45, 7) is 3.33. The van der Waals surface area contributed by atoms with E-state index in [2.05, 4.69) is 15.3 Å². The lowest BCUT2D eigenvalue weighted by Gasteiger charge is -2.11. The highest BCUT2D eigenvalue weighted by Crippen LogP contribution is 2.31. The number of nitriles is 1. The molecule has 122 valence electrons. The third-order valence-electron chi connectivity index (χ3n) is 3.10. The minimum absolute atomic E-state index is 0.0162. The van der Waals surface area contributed by atoms with E-state index in [0.29, 0.717) is 10.4 Å². The number of pyridine rings is 1. The molecular formula is C14H14F3N5O. The molecule has 9 heteroatoms. The minimum atomic E-state index is -4.60. The van der Waals surface area contributed by atoms with Crippen LogP contribution in [0, 0.1) is 11.3 Å². The number of rotatable bonds is 4. The Morgan fingerprint density at radius 1 is 1.35 bits per heavy atom. The van der Waals surface area contributed by atoms with Gasteiger partial charge in [-0.1, -0.05) is 19.1 Å². The Balaban J connectivity index is 2.29. The second-order valence-electron chi connectivity index (χ2n) is 5.15. The van der Waals surface area contributed by atoms with E-state index in [1.807, 2.05) is 19.9 Å². The van der Waals surface area contributed by atoms with Gasteiger partial charge in [-0.15, -0.1) is 5.10 Å². The number of halogens is 3. The zero-order chi connectivity index (χ0) is 17.2. The van der Waals surface area contributed by atoms with Crippen LogP contribution in [0.25, 0.3) is 0 Å². The Labute approximate surface area is 130 Å². The maximum atomic E-state index is 13.0. The molecule has 2 aromatic heterocycles. The largest absolute Gasteiger partial charge is 0.470 e. The number of alkyl halides is 3. The average Bonchev–Trinajstić information content (AvgIpc) is 2.85. The molecule has 0 saturated carbocycles. The number of aromatic nitrogens is 4. The van der Waals surface area contributed by atoms with Crippen molar-refractivity contribution in [1.29, 1.82) is 5.26 Å². The maximum Gasteiger partial charge on any atom is 0.435 e. The van der Waals surface area contributed by atoms with Crippen molar-refractivity contribution in [2.75, 3.05) is 0 Å². The summed E-state index contributed by atoms with van der Waals surface area (Å²) in [7, 11) is 1.15. The highest BCUT2D eigenvalue weighted by molar-refractivity contribution is 5.39. The van der Waals surface area contributed by atoms with E-state index in [0.717, 1.165) is 7.05 Å². The molecule has 0 aliphatic rings. The van der Waals surface area contributed by atoms with Gasteiger partial charge in [-0.25, -0.2) is 9.67 Å². The summed E-state index contributed by atoms with van der Waals surface area (Å²) in [5, 5.41) is 15.9. The van der Waals surface area contributed by atoms with Crippen LogP contribution in [0.15, 0.2) is 12.1 Å². The average molecular weight is 325 g/mol. The van der Waals surface area contributed by atoms with Gasteiger partial charge in [0, 0.05) is 12.7 Å². The Morgan fingerprint density at radius 3 is 2.61 bits per heavy atom. The van der Waals surface area contributed by atoms with Crippen LogP contribution in [-0.4, -0.2) is 20.0 Å². The molecule has 0 fully saturated rings. The summed E-state index contributed by atoms with van der Waals surface area (Å²) in [5.41, 5.74) is -0.530. The summed E-state index contributed by atoms with van der Waals surface area (Å²) in [6.07, 6.45) is -4.60. The molecule has 0 aliphatic carbocycles. The normalized spacial score (nSPS) is 11.6. The number of ether oxygens (including phenoxy) is 1. The fraction of sp³-hybridized carbons (Fsp3) is 0.429. The van der Waals surface area contributed by atoms with Gasteiger partial charge in [-0.2, -0.15) is 18.4 Å². The van der Waals surface area contributed by atoms with Gasteiger partial charge in [0.1, 0.15) is 23.9 Å². The second-order valence-corrected chi connectivity index (χ2v) is 5.15. The Kier molecular flexibility index (Phi) is 4.54. The molecule has 0 bridgehead atoms. The molecule has 0 atom stereocenters. The Hall–Kier alpha value is -2.63. The molecule has 0 amide bonds. The topological polar surface area (TPSA) is 76.6 Å². The van der Waals surface area contributed by atoms with Crippen LogP contribution in [0.1, 0.15) is 42.4 Å². The molecular weight excluding hydrogens is 311 g/mol. The monoisotopic (exact) mass is 325 g/mol. The second kappa shape index (κ2) is 6.24. The molecule has 2 aromatic rings. The predicted molar refractivity (Wildman–Crippen MR) is 73.4 cm³/mol. The summed E-state index contributed by atoms with van der Waals surface area (Å²) < 4.78 is 44.8. The van der Waals surface area contributed by atoms with E-state index in [1.54, 1.807) is 6.07 Å². The molecule has 0 N–H and O–H groups in total. The van der Waals surface area contributed by atoms with E-state index in [9.17, 15) is 13.2 Å². The first-order valence-corrected chi connectivity index (χ1v) is 6.73. The van der Waals surface area contributed by atoms with Crippen LogP contribution in [0.4, 0.5) is 13.2 Å². The van der Waals surface area contributed by atoms with Crippen molar-refractivity contribution in [2.45, 2.75) is 32.5 Å². The van der Waals surface area contributed by atoms with Crippen molar-refractivity contribution in [1.82, 2.24) is 20.0 Å². The summed E-state index contributed by atoms with van der Waals surface area (Å²) in [5.74, 6) is 0.0739. The SMILES string of the molecule is CC(C)c1ccc(C#N)c(OCc2nnn(C)c2C(F)(F)F)n1. The van der Waals surface area contributed by atoms with E-state index < -0.39 is 18.5 Å². The first-order chi connectivity index (χ1) is 10.7. The van der Waals surface area contributed by atoms with Crippen molar-refractivity contribution >= 4 is 0 Å². The van der Waals surface area contributed by atoms with Gasteiger partial charge in [0.2, 0.25) is 5.88 Å². The standard InChI is InChI=1S/C14H14F3N5O/c1-8(2)10-5-4-9(6-18)13(19-10)23-7-11-12(14(15,16)17)22(3)21-20-11/h4-5,8H,7H2,1-3H3. The Bertz CT molecular complexity index is 746. The molecule has 0 saturated heterocycles. The molecule has 2 rings (SSSR count). The summed E-state index contributed by atoms with van der Waals surface area (Å²) in [4.78, 5) is 4.18. The first-order valence-electron chi connectivity index (χ1n) is 6.73. The van der Waals surface area contributed by atoms with E-state index in [1.165, 1.54) is 6.07 Å². The summed E-state index contributed by atoms with van der Waals surface area (Å²) >= 11 is 0. The highest BCUT2D eigenvalue weighted by Gasteiger charge is 2.38. The molecule has 23 heavy (non-hydrogen) atoms. The van der Waals surface area contributed by atoms with Crippen molar-refractivity contribution in [3.63, 3.8) is 0 Å². The van der Waals surface area contributed by atoms with Gasteiger partial charge in [0.05, 0.1) is 0 Å². The van der Waals surface area contributed by atoms with Crippen LogP contribution in [-0.2, 0) is 19.8 Å². The molecule has 0 aromatic carbocycles. The molecule has 0 aliphatic heterocycles. The molecule has 0 radical (unpaired) electrons. The predicted octanol–water partition coefficient (Wildman–Crippen LogP) is 2.80. The third-order valence-corrected chi connectivity index (χ3v) is 3.10. The highest BCUT2D eigenvalue weighted by atomic mass is 19.4. The van der Waals surface area contributed by atoms with E-state index in [4.69, 9.17) is 10.00 Å². The Morgan fingerprint density at radius 2 is 2.04 bits per heavy atom. The van der Waals surface area contributed by atoms with Crippen molar-refractivity contribution in [3.8, 4) is 11.9 Å². The number of hydrogen-bond donors (Lipinski definition) is 0. The van der Waals surface area contributed by atoms with E-state index >= 15 is 0 Å². The molecule has 0 unspecified atom stereocenters. The molecule has 2 heterocycles. The quantitative estimate of drug-likeness (QED) is 0.864. The summed E-state index contributed by atoms with van der Waals surface area (Å²) in [6, 6.07) is 5.10. The van der Waals surface area contributed by atoms with Crippen LogP contribution in [0.2, 0.25) is 0 Å². The van der Waals surface area contributed by atoms with Crippen molar-refractivity contribution in [3.05, 3.63) is 34.8 Å². The maximum absolute atomic E-state index is 13.0. The van der Waals surface area contributed by atoms with Crippen LogP contribution >= 0.6 is 0 Å². The van der Waals surface area contributed by atoms with Gasteiger partial charge in [0.25, 0.3) is 0 Å².